The number of quaternary nitrogens is 1. The van der Waals surface area contributed by atoms with Crippen LogP contribution in [-0.2, 0) is 0 Å². The number of hydrogen-bond acceptors (Lipinski definition) is 0. The van der Waals surface area contributed by atoms with Gasteiger partial charge in [-0.05, 0) is 12.3 Å². The molecule has 66 valence electrons. The van der Waals surface area contributed by atoms with Crippen LogP contribution in [-0.4, -0.2) is 32.2 Å². The van der Waals surface area contributed by atoms with E-state index in [0.717, 1.165) is 17.4 Å². The Balaban J connectivity index is 0. The van der Waals surface area contributed by atoms with Crippen LogP contribution >= 0.6 is 0 Å². The molecule has 0 unspecified atom stereocenters. The predicted octanol–water partition coefficient (Wildman–Crippen LogP) is -1.50. The maximum atomic E-state index is 3.15. The fraction of sp³-hybridized carbons (Fsp3) is 0.778. The first kappa shape index (κ1) is 13.6. The van der Waals surface area contributed by atoms with Gasteiger partial charge in [0.2, 0.25) is 0 Å². The molecule has 0 spiro atoms. The average molecular weight is 220 g/mol. The molecular weight excluding hydrogens is 202 g/mol. The van der Waals surface area contributed by atoms with Crippen molar-refractivity contribution in [1.29, 1.82) is 0 Å². The van der Waals surface area contributed by atoms with E-state index in [2.05, 4.69) is 39.9 Å². The van der Waals surface area contributed by atoms with E-state index >= 15 is 0 Å². The highest BCUT2D eigenvalue weighted by atomic mass is 79.9. The Morgan fingerprint density at radius 2 is 1.64 bits per heavy atom. The molecular formula is C9H18BrN. The number of halogens is 1. The zero-order chi connectivity index (χ0) is 8.04. The predicted molar refractivity (Wildman–Crippen MR) is 45.6 cm³/mol. The van der Waals surface area contributed by atoms with Crippen LogP contribution < -0.4 is 17.0 Å². The highest BCUT2D eigenvalue weighted by molar-refractivity contribution is 4.98. The molecule has 0 radical (unpaired) electrons. The minimum Gasteiger partial charge on any atom is -1.00 e. The molecule has 0 aromatic carbocycles. The summed E-state index contributed by atoms with van der Waals surface area (Å²) >= 11 is 0. The molecule has 0 N–H and O–H groups in total. The smallest absolute Gasteiger partial charge is 0.140 e. The Hall–Kier alpha value is 0. The third-order valence-electron chi connectivity index (χ3n) is 1.05. The van der Waals surface area contributed by atoms with E-state index in [4.69, 9.17) is 0 Å². The van der Waals surface area contributed by atoms with Gasteiger partial charge in [0.15, 0.2) is 0 Å². The Labute approximate surface area is 81.1 Å². The van der Waals surface area contributed by atoms with Crippen LogP contribution in [0.4, 0.5) is 0 Å². The number of unbranched alkanes of at least 4 members (excludes halogenated alkanes) is 1. The van der Waals surface area contributed by atoms with Gasteiger partial charge >= 0.3 is 0 Å². The quantitative estimate of drug-likeness (QED) is 0.392. The van der Waals surface area contributed by atoms with Crippen LogP contribution in [0.3, 0.4) is 0 Å². The first-order valence-corrected chi connectivity index (χ1v) is 3.82. The molecule has 0 bridgehead atoms. The summed E-state index contributed by atoms with van der Waals surface area (Å²) < 4.78 is 0.941. The van der Waals surface area contributed by atoms with Gasteiger partial charge in [-0.3, -0.25) is 0 Å². The van der Waals surface area contributed by atoms with Crippen LogP contribution in [0, 0.1) is 11.8 Å². The normalized spacial score (nSPS) is 9.45. The van der Waals surface area contributed by atoms with Gasteiger partial charge in [0.1, 0.15) is 6.54 Å². The molecule has 1 nitrogen and oxygen atoms in total. The Morgan fingerprint density at radius 3 is 2.00 bits per heavy atom. The fourth-order valence-corrected chi connectivity index (χ4v) is 0.506. The molecule has 0 rings (SSSR count). The lowest BCUT2D eigenvalue weighted by Crippen LogP contribution is -3.00. The third kappa shape index (κ3) is 13.1. The van der Waals surface area contributed by atoms with Crippen LogP contribution in [0.25, 0.3) is 0 Å². The summed E-state index contributed by atoms with van der Waals surface area (Å²) in [5.41, 5.74) is 0. The molecule has 0 aromatic rings. The molecule has 0 aliphatic carbocycles. The monoisotopic (exact) mass is 219 g/mol. The number of hydrogen-bond donors (Lipinski definition) is 0. The maximum absolute atomic E-state index is 3.15. The van der Waals surface area contributed by atoms with Crippen molar-refractivity contribution in [2.24, 2.45) is 0 Å². The van der Waals surface area contributed by atoms with Crippen molar-refractivity contribution >= 4 is 0 Å². The van der Waals surface area contributed by atoms with Gasteiger partial charge in [0.05, 0.1) is 21.1 Å². The van der Waals surface area contributed by atoms with Crippen molar-refractivity contribution in [2.75, 3.05) is 27.7 Å². The van der Waals surface area contributed by atoms with E-state index in [1.807, 2.05) is 0 Å². The molecule has 0 aliphatic rings. The highest BCUT2D eigenvalue weighted by Crippen LogP contribution is 1.87. The minimum atomic E-state index is 0. The summed E-state index contributed by atoms with van der Waals surface area (Å²) in [5.74, 6) is 6.27. The summed E-state index contributed by atoms with van der Waals surface area (Å²) in [4.78, 5) is 0. The van der Waals surface area contributed by atoms with Gasteiger partial charge in [0, 0.05) is 6.42 Å². The van der Waals surface area contributed by atoms with Gasteiger partial charge in [-0.1, -0.05) is 12.8 Å². The Morgan fingerprint density at radius 1 is 1.09 bits per heavy atom. The van der Waals surface area contributed by atoms with Crippen LogP contribution in [0.1, 0.15) is 19.8 Å². The van der Waals surface area contributed by atoms with E-state index < -0.39 is 0 Å². The zero-order valence-corrected chi connectivity index (χ0v) is 9.53. The molecule has 11 heavy (non-hydrogen) atoms. The lowest BCUT2D eigenvalue weighted by Gasteiger charge is -2.19. The SMILES string of the molecule is CCCC#CC[N+](C)(C)C.[Br-]. The fourth-order valence-electron chi connectivity index (χ4n) is 0.506. The van der Waals surface area contributed by atoms with Gasteiger partial charge < -0.3 is 21.5 Å². The number of rotatable bonds is 2. The molecule has 0 fully saturated rings. The van der Waals surface area contributed by atoms with E-state index in [1.165, 1.54) is 6.42 Å². The summed E-state index contributed by atoms with van der Waals surface area (Å²) in [7, 11) is 6.46. The van der Waals surface area contributed by atoms with Gasteiger partial charge in [-0.2, -0.15) is 0 Å². The molecule has 0 saturated heterocycles. The van der Waals surface area contributed by atoms with Crippen molar-refractivity contribution in [2.45, 2.75) is 19.8 Å². The summed E-state index contributed by atoms with van der Waals surface area (Å²) in [6.45, 7) is 3.11. The summed E-state index contributed by atoms with van der Waals surface area (Å²) in [6.07, 6.45) is 2.21. The molecule has 0 aliphatic heterocycles. The molecule has 0 aromatic heterocycles. The first-order valence-electron chi connectivity index (χ1n) is 3.82. The van der Waals surface area contributed by atoms with Crippen molar-refractivity contribution < 1.29 is 21.5 Å². The lowest BCUT2D eigenvalue weighted by molar-refractivity contribution is -0.862. The second-order valence-corrected chi connectivity index (χ2v) is 3.55. The molecule has 0 atom stereocenters. The van der Waals surface area contributed by atoms with E-state index in [9.17, 15) is 0 Å². The van der Waals surface area contributed by atoms with E-state index in [0.29, 0.717) is 0 Å². The van der Waals surface area contributed by atoms with Crippen molar-refractivity contribution in [3.63, 3.8) is 0 Å². The summed E-state index contributed by atoms with van der Waals surface area (Å²) in [6, 6.07) is 0. The average Bonchev–Trinajstić information content (AvgIpc) is 1.78. The minimum absolute atomic E-state index is 0. The second kappa shape index (κ2) is 6.69. The van der Waals surface area contributed by atoms with Gasteiger partial charge in [-0.25, -0.2) is 0 Å². The molecule has 0 heterocycles. The van der Waals surface area contributed by atoms with Crippen LogP contribution in [0.2, 0.25) is 0 Å². The first-order chi connectivity index (χ1) is 4.56. The van der Waals surface area contributed by atoms with Crippen molar-refractivity contribution in [3.05, 3.63) is 0 Å². The van der Waals surface area contributed by atoms with Crippen molar-refractivity contribution in [3.8, 4) is 11.8 Å². The van der Waals surface area contributed by atoms with Crippen LogP contribution in [0.15, 0.2) is 0 Å². The van der Waals surface area contributed by atoms with E-state index in [1.54, 1.807) is 0 Å². The second-order valence-electron chi connectivity index (χ2n) is 3.55. The highest BCUT2D eigenvalue weighted by Gasteiger charge is 2.00. The molecule has 2 heteroatoms. The van der Waals surface area contributed by atoms with Crippen LogP contribution in [0.5, 0.6) is 0 Å². The molecule has 0 saturated carbocycles. The largest absolute Gasteiger partial charge is 1.00 e. The number of nitrogens with zero attached hydrogens (tertiary/aromatic N) is 1. The summed E-state index contributed by atoms with van der Waals surface area (Å²) in [5, 5.41) is 0. The zero-order valence-electron chi connectivity index (χ0n) is 7.95. The standard InChI is InChI=1S/C9H18N.BrH/c1-5-6-7-8-9-10(2,3)4;/h5-6,9H2,1-4H3;1H/q+1;/p-1. The third-order valence-corrected chi connectivity index (χ3v) is 1.05. The topological polar surface area (TPSA) is 0 Å². The van der Waals surface area contributed by atoms with Gasteiger partial charge in [0.25, 0.3) is 0 Å². The maximum Gasteiger partial charge on any atom is 0.140 e. The van der Waals surface area contributed by atoms with E-state index in [-0.39, 0.29) is 17.0 Å². The lowest BCUT2D eigenvalue weighted by atomic mass is 10.3. The Bertz CT molecular complexity index is 136. The van der Waals surface area contributed by atoms with Crippen molar-refractivity contribution in [1.82, 2.24) is 0 Å². The molecule has 0 amide bonds. The van der Waals surface area contributed by atoms with Gasteiger partial charge in [-0.15, -0.1) is 0 Å². The Kier molecular flexibility index (Phi) is 8.26.